The zero-order chi connectivity index (χ0) is 24.8. The maximum Gasteiger partial charge on any atom is 0.309 e. The van der Waals surface area contributed by atoms with Crippen LogP contribution in [0, 0.1) is 24.2 Å². The molecule has 1 aliphatic rings. The van der Waals surface area contributed by atoms with Crippen LogP contribution in [0.15, 0.2) is 23.1 Å². The summed E-state index contributed by atoms with van der Waals surface area (Å²) in [6, 6.07) is 0. The number of allylic oxidation sites excluding steroid dienone is 1. The number of Topliss-reactive ketones (excluding diaryl/α,β-unsaturated/α-hetero) is 1. The number of aryl methyl sites for hydroxylation is 1. The molecule has 5 atom stereocenters. The molecule has 0 fully saturated rings. The van der Waals surface area contributed by atoms with Crippen LogP contribution < -0.4 is 0 Å². The molecular formula is C26H39NO5S. The van der Waals surface area contributed by atoms with Crippen molar-refractivity contribution >= 4 is 29.2 Å². The Balaban J connectivity index is 2.27. The van der Waals surface area contributed by atoms with Gasteiger partial charge in [0.15, 0.2) is 0 Å². The lowest BCUT2D eigenvalue weighted by atomic mass is 9.73. The van der Waals surface area contributed by atoms with Gasteiger partial charge in [0.2, 0.25) is 0 Å². The van der Waals surface area contributed by atoms with Gasteiger partial charge >= 0.3 is 5.97 Å². The van der Waals surface area contributed by atoms with Crippen LogP contribution in [-0.2, 0) is 14.3 Å². The van der Waals surface area contributed by atoms with Crippen LogP contribution in [0.5, 0.6) is 0 Å². The van der Waals surface area contributed by atoms with E-state index < -0.39 is 35.6 Å². The van der Waals surface area contributed by atoms with Gasteiger partial charge in [0, 0.05) is 17.7 Å². The molecule has 0 aromatic carbocycles. The maximum atomic E-state index is 13.1. The number of carbonyl (C=O) groups is 2. The second-order valence-corrected chi connectivity index (χ2v) is 10.9. The highest BCUT2D eigenvalue weighted by Gasteiger charge is 2.42. The maximum absolute atomic E-state index is 13.1. The number of cyclic esters (lactones) is 1. The number of aliphatic hydroxyl groups is 2. The lowest BCUT2D eigenvalue weighted by Crippen LogP contribution is -2.45. The minimum absolute atomic E-state index is 0.0392. The van der Waals surface area contributed by atoms with Crippen molar-refractivity contribution in [3.8, 4) is 0 Å². The summed E-state index contributed by atoms with van der Waals surface area (Å²) < 4.78 is 5.75. The number of carbonyl (C=O) groups excluding carboxylic acids is 2. The van der Waals surface area contributed by atoms with E-state index in [9.17, 15) is 19.8 Å². The van der Waals surface area contributed by atoms with Crippen LogP contribution in [0.2, 0.25) is 0 Å². The van der Waals surface area contributed by atoms with Gasteiger partial charge in [0.1, 0.15) is 11.9 Å². The van der Waals surface area contributed by atoms with Gasteiger partial charge in [-0.3, -0.25) is 9.59 Å². The topological polar surface area (TPSA) is 96.7 Å². The van der Waals surface area contributed by atoms with E-state index in [1.807, 2.05) is 38.3 Å². The molecule has 2 rings (SSSR count). The molecule has 0 saturated carbocycles. The minimum Gasteiger partial charge on any atom is -0.457 e. The van der Waals surface area contributed by atoms with E-state index in [1.54, 1.807) is 32.1 Å². The molecule has 0 unspecified atom stereocenters. The van der Waals surface area contributed by atoms with Gasteiger partial charge in [-0.25, -0.2) is 4.98 Å². The Bertz CT molecular complexity index is 872. The highest BCUT2D eigenvalue weighted by molar-refractivity contribution is 7.09. The number of hydrogen-bond donors (Lipinski definition) is 2. The lowest BCUT2D eigenvalue weighted by Gasteiger charge is -2.34. The second kappa shape index (κ2) is 12.0. The average molecular weight is 478 g/mol. The Morgan fingerprint density at radius 3 is 2.58 bits per heavy atom. The number of thiazole rings is 1. The van der Waals surface area contributed by atoms with Crippen molar-refractivity contribution in [2.45, 2.75) is 92.0 Å². The predicted octanol–water partition coefficient (Wildman–Crippen LogP) is 4.88. The molecule has 1 aromatic heterocycles. The first-order chi connectivity index (χ1) is 15.4. The molecule has 6 nitrogen and oxygen atoms in total. The highest BCUT2D eigenvalue weighted by Crippen LogP contribution is 2.32. The predicted molar refractivity (Wildman–Crippen MR) is 132 cm³/mol. The summed E-state index contributed by atoms with van der Waals surface area (Å²) in [5.41, 5.74) is 0.513. The number of nitrogens with zero attached hydrogens (tertiary/aromatic N) is 1. The first-order valence-electron chi connectivity index (χ1n) is 11.8. The summed E-state index contributed by atoms with van der Waals surface area (Å²) in [7, 11) is 0. The summed E-state index contributed by atoms with van der Waals surface area (Å²) in [4.78, 5) is 30.3. The Labute approximate surface area is 201 Å². The molecule has 1 aromatic rings. The molecule has 2 N–H and O–H groups in total. The molecule has 0 aliphatic carbocycles. The fourth-order valence-corrected chi connectivity index (χ4v) is 4.75. The largest absolute Gasteiger partial charge is 0.457 e. The van der Waals surface area contributed by atoms with E-state index in [1.165, 1.54) is 0 Å². The second-order valence-electron chi connectivity index (χ2n) is 9.86. The van der Waals surface area contributed by atoms with Crippen molar-refractivity contribution in [3.05, 3.63) is 33.8 Å². The van der Waals surface area contributed by atoms with Gasteiger partial charge in [-0.15, -0.1) is 11.3 Å². The first kappa shape index (κ1) is 27.4. The number of ketones is 1. The van der Waals surface area contributed by atoms with Crippen LogP contribution in [0.3, 0.4) is 0 Å². The summed E-state index contributed by atoms with van der Waals surface area (Å²) in [6.45, 7) is 10.8. The number of hydrogen-bond acceptors (Lipinski definition) is 7. The number of aliphatic hydroxyl groups excluding tert-OH is 2. The van der Waals surface area contributed by atoms with Gasteiger partial charge in [-0.2, -0.15) is 0 Å². The normalized spacial score (nSPS) is 30.8. The zero-order valence-corrected chi connectivity index (χ0v) is 21.5. The van der Waals surface area contributed by atoms with Gasteiger partial charge in [-0.1, -0.05) is 39.8 Å². The number of ether oxygens (including phenoxy) is 1. The quantitative estimate of drug-likeness (QED) is 0.466. The minimum atomic E-state index is -1.21. The van der Waals surface area contributed by atoms with Crippen LogP contribution >= 0.6 is 11.3 Å². The Hall–Kier alpha value is -1.83. The zero-order valence-electron chi connectivity index (χ0n) is 20.7. The third kappa shape index (κ3) is 7.59. The number of esters is 1. The van der Waals surface area contributed by atoms with Crippen molar-refractivity contribution in [2.75, 3.05) is 0 Å². The van der Waals surface area contributed by atoms with Crippen LogP contribution in [0.1, 0.15) is 77.4 Å². The third-order valence-electron chi connectivity index (χ3n) is 6.68. The van der Waals surface area contributed by atoms with Crippen molar-refractivity contribution in [3.63, 3.8) is 0 Å². The SMILES string of the molecule is CC(=Cc1csc(C)n1)[C@@H]1CC=CCCC[C@H](C)[C@@H](O)[C@H](C)C(=O)C(C)(C)[C@@H](O)CC(=O)O1. The van der Waals surface area contributed by atoms with Gasteiger partial charge in [-0.05, 0) is 50.7 Å². The number of aromatic nitrogens is 1. The van der Waals surface area contributed by atoms with Gasteiger partial charge < -0.3 is 14.9 Å². The average Bonchev–Trinajstić information content (AvgIpc) is 3.16. The van der Waals surface area contributed by atoms with E-state index in [-0.39, 0.29) is 18.1 Å². The summed E-state index contributed by atoms with van der Waals surface area (Å²) in [5, 5.41) is 24.4. The molecule has 184 valence electrons. The van der Waals surface area contributed by atoms with Crippen LogP contribution in [0.25, 0.3) is 6.08 Å². The number of rotatable bonds is 2. The lowest BCUT2D eigenvalue weighted by molar-refractivity contribution is -0.154. The molecule has 1 aliphatic heterocycles. The smallest absolute Gasteiger partial charge is 0.309 e. The Kier molecular flexibility index (Phi) is 10.0. The fraction of sp³-hybridized carbons (Fsp3) is 0.654. The molecule has 0 amide bonds. The van der Waals surface area contributed by atoms with E-state index in [0.29, 0.717) is 6.42 Å². The summed E-state index contributed by atoms with van der Waals surface area (Å²) >= 11 is 1.56. The highest BCUT2D eigenvalue weighted by atomic mass is 32.1. The van der Waals surface area contributed by atoms with Crippen molar-refractivity contribution < 1.29 is 24.5 Å². The fourth-order valence-electron chi connectivity index (χ4n) is 4.18. The molecule has 0 radical (unpaired) electrons. The van der Waals surface area contributed by atoms with Crippen LogP contribution in [-0.4, -0.2) is 45.3 Å². The van der Waals surface area contributed by atoms with Gasteiger partial charge in [0.25, 0.3) is 0 Å². The van der Waals surface area contributed by atoms with Gasteiger partial charge in [0.05, 0.1) is 34.7 Å². The third-order valence-corrected chi connectivity index (χ3v) is 7.47. The molecule has 33 heavy (non-hydrogen) atoms. The monoisotopic (exact) mass is 477 g/mol. The molecule has 0 bridgehead atoms. The van der Waals surface area contributed by atoms with E-state index in [4.69, 9.17) is 4.74 Å². The van der Waals surface area contributed by atoms with E-state index in [0.717, 1.165) is 35.5 Å². The van der Waals surface area contributed by atoms with E-state index in [2.05, 4.69) is 11.1 Å². The molecule has 0 spiro atoms. The van der Waals surface area contributed by atoms with Crippen molar-refractivity contribution in [2.24, 2.45) is 17.3 Å². The molecular weight excluding hydrogens is 438 g/mol. The summed E-state index contributed by atoms with van der Waals surface area (Å²) in [5.74, 6) is -1.48. The standard InChI is InChI=1S/C26H39NO5S/c1-16-11-9-7-8-10-12-21(17(2)13-20-15-33-19(4)27-20)32-23(29)14-22(28)26(5,6)25(31)18(3)24(16)30/h8,10,13,15-16,18,21-22,24,28,30H,7,9,11-12,14H2,1-6H3/t16-,18-,21-,22-,24+/m0/s1. The van der Waals surface area contributed by atoms with Crippen molar-refractivity contribution in [1.82, 2.24) is 4.98 Å². The molecule has 0 saturated heterocycles. The first-order valence-corrected chi connectivity index (χ1v) is 12.7. The summed E-state index contributed by atoms with van der Waals surface area (Å²) in [6.07, 6.45) is 6.28. The molecule has 2 heterocycles. The molecule has 7 heteroatoms. The van der Waals surface area contributed by atoms with Crippen molar-refractivity contribution in [1.29, 1.82) is 0 Å². The Morgan fingerprint density at radius 1 is 1.24 bits per heavy atom. The Morgan fingerprint density at radius 2 is 1.94 bits per heavy atom. The van der Waals surface area contributed by atoms with E-state index >= 15 is 0 Å². The van der Waals surface area contributed by atoms with Crippen LogP contribution in [0.4, 0.5) is 0 Å².